The average Bonchev–Trinajstić information content (AvgIpc) is 2.46. The summed E-state index contributed by atoms with van der Waals surface area (Å²) in [7, 11) is 0. The largest absolute Gasteiger partial charge is 0.494 e. The lowest BCUT2D eigenvalue weighted by molar-refractivity contribution is 0.130. The topological polar surface area (TPSA) is 15.7 Å². The van der Waals surface area contributed by atoms with Gasteiger partial charge in [0, 0.05) is 32.7 Å². The first-order chi connectivity index (χ1) is 9.28. The summed E-state index contributed by atoms with van der Waals surface area (Å²) in [4.78, 5) is 4.96. The van der Waals surface area contributed by atoms with E-state index in [9.17, 15) is 4.39 Å². The molecule has 0 radical (unpaired) electrons. The minimum absolute atomic E-state index is 0.221. The van der Waals surface area contributed by atoms with Gasteiger partial charge in [0.2, 0.25) is 0 Å². The fourth-order valence-corrected chi connectivity index (χ4v) is 2.34. The van der Waals surface area contributed by atoms with Crippen LogP contribution in [0.25, 0.3) is 0 Å². The summed E-state index contributed by atoms with van der Waals surface area (Å²) >= 11 is 0. The monoisotopic (exact) mass is 266 g/mol. The molecule has 19 heavy (non-hydrogen) atoms. The SMILES string of the molecule is CCN1CCN(CCCOc2ccc(F)cc2)CC1. The summed E-state index contributed by atoms with van der Waals surface area (Å²) in [5.41, 5.74) is 0. The summed E-state index contributed by atoms with van der Waals surface area (Å²) in [5.74, 6) is 0.526. The molecule has 106 valence electrons. The lowest BCUT2D eigenvalue weighted by Crippen LogP contribution is -2.46. The average molecular weight is 266 g/mol. The predicted octanol–water partition coefficient (Wildman–Crippen LogP) is 2.23. The van der Waals surface area contributed by atoms with Gasteiger partial charge in [-0.15, -0.1) is 0 Å². The molecule has 0 aliphatic carbocycles. The van der Waals surface area contributed by atoms with Crippen LogP contribution in [0.1, 0.15) is 13.3 Å². The molecule has 1 aromatic carbocycles. The molecular formula is C15H23FN2O. The van der Waals surface area contributed by atoms with Gasteiger partial charge in [0.1, 0.15) is 11.6 Å². The summed E-state index contributed by atoms with van der Waals surface area (Å²) in [5, 5.41) is 0. The van der Waals surface area contributed by atoms with Crippen LogP contribution in [0.3, 0.4) is 0 Å². The molecule has 2 rings (SSSR count). The summed E-state index contributed by atoms with van der Waals surface area (Å²) in [6, 6.07) is 6.21. The molecule has 0 aromatic heterocycles. The Morgan fingerprint density at radius 2 is 1.68 bits per heavy atom. The van der Waals surface area contributed by atoms with Crippen molar-refractivity contribution in [1.29, 1.82) is 0 Å². The number of halogens is 1. The summed E-state index contributed by atoms with van der Waals surface area (Å²) < 4.78 is 18.3. The Morgan fingerprint density at radius 3 is 2.32 bits per heavy atom. The highest BCUT2D eigenvalue weighted by Gasteiger charge is 2.14. The van der Waals surface area contributed by atoms with E-state index in [0.29, 0.717) is 6.61 Å². The Kier molecular flexibility index (Phi) is 5.61. The maximum atomic E-state index is 12.7. The van der Waals surface area contributed by atoms with E-state index in [2.05, 4.69) is 16.7 Å². The van der Waals surface area contributed by atoms with Gasteiger partial charge in [-0.3, -0.25) is 0 Å². The molecule has 0 unspecified atom stereocenters. The predicted molar refractivity (Wildman–Crippen MR) is 75.1 cm³/mol. The summed E-state index contributed by atoms with van der Waals surface area (Å²) in [6.45, 7) is 9.81. The van der Waals surface area contributed by atoms with E-state index in [1.165, 1.54) is 25.2 Å². The van der Waals surface area contributed by atoms with Crippen molar-refractivity contribution < 1.29 is 9.13 Å². The zero-order valence-electron chi connectivity index (χ0n) is 11.6. The molecule has 0 spiro atoms. The minimum Gasteiger partial charge on any atom is -0.494 e. The highest BCUT2D eigenvalue weighted by Crippen LogP contribution is 2.11. The number of nitrogens with zero attached hydrogens (tertiary/aromatic N) is 2. The number of hydrogen-bond donors (Lipinski definition) is 0. The number of likely N-dealkylation sites (N-methyl/N-ethyl adjacent to an activating group) is 1. The first-order valence-corrected chi connectivity index (χ1v) is 7.11. The Balaban J connectivity index is 1.58. The van der Waals surface area contributed by atoms with Gasteiger partial charge in [0.15, 0.2) is 0 Å². The van der Waals surface area contributed by atoms with Crippen LogP contribution in [-0.4, -0.2) is 55.7 Å². The maximum Gasteiger partial charge on any atom is 0.123 e. The van der Waals surface area contributed by atoms with E-state index in [1.807, 2.05) is 0 Å². The first kappa shape index (κ1) is 14.3. The van der Waals surface area contributed by atoms with E-state index in [-0.39, 0.29) is 5.82 Å². The third-order valence-corrected chi connectivity index (χ3v) is 3.61. The highest BCUT2D eigenvalue weighted by atomic mass is 19.1. The van der Waals surface area contributed by atoms with Gasteiger partial charge in [-0.05, 0) is 37.2 Å². The van der Waals surface area contributed by atoms with Crippen molar-refractivity contribution in [3.8, 4) is 5.75 Å². The first-order valence-electron chi connectivity index (χ1n) is 7.11. The van der Waals surface area contributed by atoms with Crippen LogP contribution in [0.2, 0.25) is 0 Å². The fourth-order valence-electron chi connectivity index (χ4n) is 2.34. The molecule has 0 N–H and O–H groups in total. The molecule has 1 saturated heterocycles. The molecule has 1 aliphatic rings. The zero-order valence-corrected chi connectivity index (χ0v) is 11.6. The molecule has 3 nitrogen and oxygen atoms in total. The molecule has 1 fully saturated rings. The Labute approximate surface area is 115 Å². The van der Waals surface area contributed by atoms with Crippen molar-refractivity contribution in [3.05, 3.63) is 30.1 Å². The quantitative estimate of drug-likeness (QED) is 0.734. The van der Waals surface area contributed by atoms with Gasteiger partial charge >= 0.3 is 0 Å². The molecular weight excluding hydrogens is 243 g/mol. The van der Waals surface area contributed by atoms with Gasteiger partial charge < -0.3 is 14.5 Å². The Morgan fingerprint density at radius 1 is 1.05 bits per heavy atom. The van der Waals surface area contributed by atoms with Gasteiger partial charge in [-0.1, -0.05) is 6.92 Å². The molecule has 0 amide bonds. The van der Waals surface area contributed by atoms with Crippen LogP contribution in [0.5, 0.6) is 5.75 Å². The van der Waals surface area contributed by atoms with E-state index < -0.39 is 0 Å². The van der Waals surface area contributed by atoms with Gasteiger partial charge in [-0.2, -0.15) is 0 Å². The zero-order chi connectivity index (χ0) is 13.5. The van der Waals surface area contributed by atoms with Crippen molar-refractivity contribution in [1.82, 2.24) is 9.80 Å². The van der Waals surface area contributed by atoms with E-state index in [0.717, 1.165) is 38.3 Å². The van der Waals surface area contributed by atoms with E-state index >= 15 is 0 Å². The molecule has 1 aromatic rings. The number of rotatable bonds is 6. The van der Waals surface area contributed by atoms with Crippen LogP contribution in [-0.2, 0) is 0 Å². The normalized spacial score (nSPS) is 17.6. The smallest absolute Gasteiger partial charge is 0.123 e. The van der Waals surface area contributed by atoms with Crippen molar-refractivity contribution in [2.24, 2.45) is 0 Å². The molecule has 0 atom stereocenters. The number of benzene rings is 1. The number of piperazine rings is 1. The van der Waals surface area contributed by atoms with Gasteiger partial charge in [0.05, 0.1) is 6.61 Å². The fraction of sp³-hybridized carbons (Fsp3) is 0.600. The maximum absolute atomic E-state index is 12.7. The summed E-state index contributed by atoms with van der Waals surface area (Å²) in [6.07, 6.45) is 1.02. The molecule has 0 bridgehead atoms. The van der Waals surface area contributed by atoms with Gasteiger partial charge in [0.25, 0.3) is 0 Å². The molecule has 4 heteroatoms. The third kappa shape index (κ3) is 4.80. The Bertz CT molecular complexity index is 361. The van der Waals surface area contributed by atoms with Crippen LogP contribution in [0.15, 0.2) is 24.3 Å². The minimum atomic E-state index is -0.221. The number of ether oxygens (including phenoxy) is 1. The van der Waals surface area contributed by atoms with Gasteiger partial charge in [-0.25, -0.2) is 4.39 Å². The van der Waals surface area contributed by atoms with Crippen LogP contribution < -0.4 is 4.74 Å². The third-order valence-electron chi connectivity index (χ3n) is 3.61. The van der Waals surface area contributed by atoms with Crippen LogP contribution >= 0.6 is 0 Å². The molecule has 0 saturated carbocycles. The molecule has 1 heterocycles. The van der Waals surface area contributed by atoms with Crippen LogP contribution in [0.4, 0.5) is 4.39 Å². The lowest BCUT2D eigenvalue weighted by Gasteiger charge is -2.33. The van der Waals surface area contributed by atoms with Crippen molar-refractivity contribution >= 4 is 0 Å². The second-order valence-electron chi connectivity index (χ2n) is 4.93. The van der Waals surface area contributed by atoms with Crippen LogP contribution in [0, 0.1) is 5.82 Å². The highest BCUT2D eigenvalue weighted by molar-refractivity contribution is 5.21. The second kappa shape index (κ2) is 7.46. The van der Waals surface area contributed by atoms with Crippen molar-refractivity contribution in [3.63, 3.8) is 0 Å². The standard InChI is InChI=1S/C15H23FN2O/c1-2-17-9-11-18(12-10-17)8-3-13-19-15-6-4-14(16)5-7-15/h4-7H,2-3,8-13H2,1H3. The second-order valence-corrected chi connectivity index (χ2v) is 4.93. The number of hydrogen-bond acceptors (Lipinski definition) is 3. The lowest BCUT2D eigenvalue weighted by atomic mass is 10.3. The van der Waals surface area contributed by atoms with E-state index in [1.54, 1.807) is 12.1 Å². The molecule has 1 aliphatic heterocycles. The van der Waals surface area contributed by atoms with Crippen molar-refractivity contribution in [2.45, 2.75) is 13.3 Å². The van der Waals surface area contributed by atoms with Crippen molar-refractivity contribution in [2.75, 3.05) is 45.9 Å². The van der Waals surface area contributed by atoms with E-state index in [4.69, 9.17) is 4.74 Å². The Hall–Kier alpha value is -1.13.